The van der Waals surface area contributed by atoms with Gasteiger partial charge in [0.15, 0.2) is 5.65 Å². The molecule has 0 bridgehead atoms. The molecular weight excluding hydrogens is 405 g/mol. The van der Waals surface area contributed by atoms with Gasteiger partial charge in [0, 0.05) is 40.8 Å². The van der Waals surface area contributed by atoms with Gasteiger partial charge in [-0.05, 0) is 42.0 Å². The molecule has 154 valence electrons. The lowest BCUT2D eigenvalue weighted by molar-refractivity contribution is 0.636. The van der Waals surface area contributed by atoms with Crippen LogP contribution in [-0.4, -0.2) is 29.8 Å². The van der Waals surface area contributed by atoms with Crippen molar-refractivity contribution in [1.82, 2.24) is 29.8 Å². The van der Waals surface area contributed by atoms with Crippen LogP contribution in [0, 0.1) is 5.82 Å². The summed E-state index contributed by atoms with van der Waals surface area (Å²) in [5.74, 6) is -0.362. The molecule has 0 spiro atoms. The summed E-state index contributed by atoms with van der Waals surface area (Å²) in [5.41, 5.74) is 12.6. The molecule has 7 nitrogen and oxygen atoms in total. The molecule has 0 aliphatic heterocycles. The lowest BCUT2D eigenvalue weighted by Crippen LogP contribution is -1.96. The fourth-order valence-corrected chi connectivity index (χ4v) is 4.00. The molecule has 0 fully saturated rings. The summed E-state index contributed by atoms with van der Waals surface area (Å²) in [5, 5.41) is 12.4. The Morgan fingerprint density at radius 3 is 2.50 bits per heavy atom. The summed E-state index contributed by atoms with van der Waals surface area (Å²) in [6, 6.07) is 16.5. The molecule has 0 radical (unpaired) electrons. The minimum Gasteiger partial charge on any atom is -0.399 e. The number of aromatic nitrogens is 6. The topological polar surface area (TPSA) is 97.8 Å². The first-order valence-electron chi connectivity index (χ1n) is 9.97. The van der Waals surface area contributed by atoms with E-state index in [0.717, 1.165) is 33.6 Å². The lowest BCUT2D eigenvalue weighted by Gasteiger charge is -2.07. The zero-order valence-corrected chi connectivity index (χ0v) is 16.7. The van der Waals surface area contributed by atoms with Crippen molar-refractivity contribution in [3.05, 3.63) is 85.2 Å². The molecule has 0 atom stereocenters. The van der Waals surface area contributed by atoms with Gasteiger partial charge in [0.05, 0.1) is 17.5 Å². The lowest BCUT2D eigenvalue weighted by atomic mass is 9.98. The molecule has 32 heavy (non-hydrogen) atoms. The monoisotopic (exact) mass is 421 g/mol. The fraction of sp³-hybridized carbons (Fsp3) is 0. The number of anilines is 1. The normalized spacial score (nSPS) is 11.4. The van der Waals surface area contributed by atoms with E-state index in [9.17, 15) is 4.39 Å². The minimum atomic E-state index is -0.362. The molecule has 6 aromatic rings. The molecule has 2 aromatic carbocycles. The van der Waals surface area contributed by atoms with Gasteiger partial charge in [-0.3, -0.25) is 10.1 Å². The third-order valence-electron chi connectivity index (χ3n) is 5.51. The number of H-pyrrole nitrogens is 1. The highest BCUT2D eigenvalue weighted by atomic mass is 19.1. The second-order valence-corrected chi connectivity index (χ2v) is 7.40. The highest BCUT2D eigenvalue weighted by Gasteiger charge is 2.22. The quantitative estimate of drug-likeness (QED) is 0.403. The first kappa shape index (κ1) is 18.2. The van der Waals surface area contributed by atoms with Gasteiger partial charge in [-0.25, -0.2) is 13.9 Å². The molecule has 0 saturated carbocycles. The van der Waals surface area contributed by atoms with E-state index in [1.807, 2.05) is 47.0 Å². The molecule has 8 heteroatoms. The van der Waals surface area contributed by atoms with Gasteiger partial charge < -0.3 is 5.73 Å². The summed E-state index contributed by atoms with van der Waals surface area (Å²) in [6.45, 7) is 0. The molecular formula is C24H16FN7. The van der Waals surface area contributed by atoms with Gasteiger partial charge in [-0.2, -0.15) is 10.2 Å². The Morgan fingerprint density at radius 2 is 1.69 bits per heavy atom. The van der Waals surface area contributed by atoms with Crippen LogP contribution in [0.4, 0.5) is 10.1 Å². The van der Waals surface area contributed by atoms with Gasteiger partial charge in [0.25, 0.3) is 0 Å². The van der Waals surface area contributed by atoms with Crippen LogP contribution >= 0.6 is 0 Å². The molecule has 0 aliphatic rings. The fourth-order valence-electron chi connectivity index (χ4n) is 4.00. The van der Waals surface area contributed by atoms with Crippen LogP contribution in [0.3, 0.4) is 0 Å². The predicted octanol–water partition coefficient (Wildman–Crippen LogP) is 4.72. The number of hydrogen-bond donors (Lipinski definition) is 2. The molecule has 6 rings (SSSR count). The summed E-state index contributed by atoms with van der Waals surface area (Å²) in [4.78, 5) is 8.78. The summed E-state index contributed by atoms with van der Waals surface area (Å²) < 4.78 is 16.2. The number of nitrogens with two attached hydrogens (primary N) is 1. The van der Waals surface area contributed by atoms with Crippen LogP contribution in [0.15, 0.2) is 79.4 Å². The highest BCUT2D eigenvalue weighted by Crippen LogP contribution is 2.39. The Bertz CT molecular complexity index is 1580. The van der Waals surface area contributed by atoms with Crippen molar-refractivity contribution in [1.29, 1.82) is 0 Å². The average molecular weight is 421 g/mol. The Kier molecular flexibility index (Phi) is 3.97. The van der Waals surface area contributed by atoms with Crippen molar-refractivity contribution in [2.24, 2.45) is 0 Å². The van der Waals surface area contributed by atoms with Crippen LogP contribution in [0.1, 0.15) is 0 Å². The van der Waals surface area contributed by atoms with Crippen molar-refractivity contribution in [2.75, 3.05) is 5.73 Å². The largest absolute Gasteiger partial charge is 0.399 e. The van der Waals surface area contributed by atoms with Gasteiger partial charge in [-0.1, -0.05) is 18.2 Å². The van der Waals surface area contributed by atoms with E-state index in [4.69, 9.17) is 10.8 Å². The van der Waals surface area contributed by atoms with Crippen LogP contribution in [-0.2, 0) is 0 Å². The zero-order valence-electron chi connectivity index (χ0n) is 16.7. The van der Waals surface area contributed by atoms with Gasteiger partial charge in [0.1, 0.15) is 17.0 Å². The second-order valence-electron chi connectivity index (χ2n) is 7.40. The smallest absolute Gasteiger partial charge is 0.164 e. The molecule has 4 aromatic heterocycles. The number of nitrogens with zero attached hydrogens (tertiary/aromatic N) is 5. The predicted molar refractivity (Wildman–Crippen MR) is 121 cm³/mol. The van der Waals surface area contributed by atoms with Gasteiger partial charge in [0.2, 0.25) is 0 Å². The van der Waals surface area contributed by atoms with Crippen molar-refractivity contribution >= 4 is 22.2 Å². The number of fused-ring (bicyclic) bond motifs is 2. The number of aromatic amines is 1. The van der Waals surface area contributed by atoms with Crippen molar-refractivity contribution < 1.29 is 4.39 Å². The van der Waals surface area contributed by atoms with E-state index < -0.39 is 0 Å². The first-order chi connectivity index (χ1) is 15.7. The maximum atomic E-state index is 14.4. The number of pyridine rings is 1. The Balaban J connectivity index is 1.72. The highest BCUT2D eigenvalue weighted by molar-refractivity contribution is 6.03. The standard InChI is InChI=1S/C24H16FN7/c25-19-6-5-17(18-13-29-30-23(18)19)21-22(15-7-10-27-11-8-15)31-32-20(9-12-28-24(21)32)14-1-3-16(26)4-2-14/h1-13H,26H2,(H,29,30). The average Bonchev–Trinajstić information content (AvgIpc) is 3.47. The van der Waals surface area contributed by atoms with Crippen molar-refractivity contribution in [3.8, 4) is 33.6 Å². The molecule has 0 aliphatic carbocycles. The number of hydrogen-bond acceptors (Lipinski definition) is 5. The summed E-state index contributed by atoms with van der Waals surface area (Å²) in [6.07, 6.45) is 6.81. The van der Waals surface area contributed by atoms with E-state index in [2.05, 4.69) is 20.2 Å². The van der Waals surface area contributed by atoms with Crippen molar-refractivity contribution in [3.63, 3.8) is 0 Å². The summed E-state index contributed by atoms with van der Waals surface area (Å²) in [7, 11) is 0. The number of nitrogen functional groups attached to an aromatic ring is 1. The molecule has 4 heterocycles. The van der Waals surface area contributed by atoms with E-state index in [1.54, 1.807) is 30.9 Å². The van der Waals surface area contributed by atoms with E-state index in [1.165, 1.54) is 6.07 Å². The summed E-state index contributed by atoms with van der Waals surface area (Å²) >= 11 is 0. The van der Waals surface area contributed by atoms with E-state index in [-0.39, 0.29) is 5.82 Å². The number of nitrogens with one attached hydrogen (secondary N) is 1. The molecule has 3 N–H and O–H groups in total. The Labute approximate surface area is 181 Å². The van der Waals surface area contributed by atoms with E-state index in [0.29, 0.717) is 22.2 Å². The molecule has 0 unspecified atom stereocenters. The first-order valence-corrected chi connectivity index (χ1v) is 9.97. The zero-order chi connectivity index (χ0) is 21.7. The maximum Gasteiger partial charge on any atom is 0.164 e. The minimum absolute atomic E-state index is 0.345. The third-order valence-corrected chi connectivity index (χ3v) is 5.51. The van der Waals surface area contributed by atoms with Crippen molar-refractivity contribution in [2.45, 2.75) is 0 Å². The Morgan fingerprint density at radius 1 is 0.875 bits per heavy atom. The van der Waals surface area contributed by atoms with Crippen LogP contribution < -0.4 is 5.73 Å². The molecule has 0 saturated heterocycles. The number of rotatable bonds is 3. The number of benzene rings is 2. The van der Waals surface area contributed by atoms with Crippen LogP contribution in [0.2, 0.25) is 0 Å². The van der Waals surface area contributed by atoms with Crippen LogP contribution in [0.25, 0.3) is 50.2 Å². The second kappa shape index (κ2) is 6.98. The Hall–Kier alpha value is -4.59. The number of halogens is 1. The third kappa shape index (κ3) is 2.73. The maximum absolute atomic E-state index is 14.4. The molecule has 0 amide bonds. The SMILES string of the molecule is Nc1ccc(-c2ccnc3c(-c4ccc(F)c5[nH]ncc45)c(-c4ccncc4)nn23)cc1. The van der Waals surface area contributed by atoms with Gasteiger partial charge >= 0.3 is 0 Å². The van der Waals surface area contributed by atoms with E-state index >= 15 is 0 Å². The van der Waals surface area contributed by atoms with Crippen LogP contribution in [0.5, 0.6) is 0 Å². The van der Waals surface area contributed by atoms with Gasteiger partial charge in [-0.15, -0.1) is 0 Å².